The van der Waals surface area contributed by atoms with Crippen LogP contribution in [0.5, 0.6) is 0 Å². The summed E-state index contributed by atoms with van der Waals surface area (Å²) < 4.78 is 26.9. The average Bonchev–Trinajstić information content (AvgIpc) is 2.54. The van der Waals surface area contributed by atoms with Gasteiger partial charge >= 0.3 is 5.69 Å². The topological polar surface area (TPSA) is 115 Å². The van der Waals surface area contributed by atoms with Gasteiger partial charge in [-0.1, -0.05) is 0 Å². The van der Waals surface area contributed by atoms with E-state index in [9.17, 15) is 18.0 Å². The number of aromatic nitrogens is 2. The van der Waals surface area contributed by atoms with E-state index in [2.05, 4.69) is 15.3 Å². The predicted octanol–water partition coefficient (Wildman–Crippen LogP) is 0.0107. The second-order valence-electron chi connectivity index (χ2n) is 5.58. The van der Waals surface area contributed by atoms with Crippen LogP contribution in [0.3, 0.4) is 0 Å². The van der Waals surface area contributed by atoms with Gasteiger partial charge in [-0.25, -0.2) is 13.2 Å². The Morgan fingerprint density at radius 3 is 2.46 bits per heavy atom. The number of sulfonamides is 1. The zero-order valence-corrected chi connectivity index (χ0v) is 14.7. The molecule has 10 heteroatoms. The first kappa shape index (κ1) is 18.7. The van der Waals surface area contributed by atoms with Crippen molar-refractivity contribution in [2.45, 2.75) is 23.8 Å². The molecule has 2 heterocycles. The molecule has 1 aliphatic heterocycles. The standard InChI is InChI=1S/C14H18N4O4S.ClH/c1-15-9-4-6-18(7-5-9)23(21,22)10-2-3-12-11(8-10)13(19)17-14(20)16-12;/h2-3,8-9,15H,4-7H2,1H3,(H2,16,17,19,20);1H. The molecule has 0 unspecified atom stereocenters. The van der Waals surface area contributed by atoms with Crippen LogP contribution in [0.2, 0.25) is 0 Å². The van der Waals surface area contributed by atoms with Gasteiger partial charge in [0.2, 0.25) is 10.0 Å². The van der Waals surface area contributed by atoms with Gasteiger partial charge in [0.1, 0.15) is 0 Å². The number of benzene rings is 1. The minimum absolute atomic E-state index is 0. The molecule has 0 saturated carbocycles. The molecule has 1 fully saturated rings. The molecule has 1 aromatic carbocycles. The van der Waals surface area contributed by atoms with E-state index in [1.165, 1.54) is 22.5 Å². The fourth-order valence-corrected chi connectivity index (χ4v) is 4.34. The van der Waals surface area contributed by atoms with Crippen molar-refractivity contribution in [1.82, 2.24) is 19.6 Å². The van der Waals surface area contributed by atoms with Gasteiger partial charge in [-0.05, 0) is 38.1 Å². The van der Waals surface area contributed by atoms with E-state index in [0.29, 0.717) is 24.6 Å². The molecule has 0 atom stereocenters. The van der Waals surface area contributed by atoms with Crippen LogP contribution in [0, 0.1) is 0 Å². The van der Waals surface area contributed by atoms with Gasteiger partial charge in [-0.2, -0.15) is 4.31 Å². The van der Waals surface area contributed by atoms with Crippen molar-refractivity contribution in [2.75, 3.05) is 20.1 Å². The Hall–Kier alpha value is -1.68. The van der Waals surface area contributed by atoms with Crippen LogP contribution in [0.25, 0.3) is 10.9 Å². The zero-order chi connectivity index (χ0) is 16.6. The van der Waals surface area contributed by atoms with E-state index in [-0.39, 0.29) is 22.7 Å². The summed E-state index contributed by atoms with van der Waals surface area (Å²) in [5, 5.41) is 3.30. The van der Waals surface area contributed by atoms with Crippen LogP contribution in [-0.2, 0) is 10.0 Å². The Bertz CT molecular complexity index is 945. The normalized spacial score (nSPS) is 16.9. The molecule has 1 aromatic heterocycles. The summed E-state index contributed by atoms with van der Waals surface area (Å²) in [5.74, 6) is 0. The van der Waals surface area contributed by atoms with Crippen LogP contribution < -0.4 is 16.6 Å². The second kappa shape index (κ2) is 7.06. The molecule has 24 heavy (non-hydrogen) atoms. The van der Waals surface area contributed by atoms with E-state index in [4.69, 9.17) is 0 Å². The SMILES string of the molecule is CNC1CCN(S(=O)(=O)c2ccc3[nH]c(=O)[nH]c(=O)c3c2)CC1.Cl. The van der Waals surface area contributed by atoms with Gasteiger partial charge in [-0.3, -0.25) is 9.78 Å². The Morgan fingerprint density at radius 2 is 1.83 bits per heavy atom. The third-order valence-corrected chi connectivity index (χ3v) is 6.11. The number of H-pyrrole nitrogens is 2. The molecule has 0 bridgehead atoms. The number of nitrogens with zero attached hydrogens (tertiary/aromatic N) is 1. The summed E-state index contributed by atoms with van der Waals surface area (Å²) in [6.45, 7) is 0.877. The lowest BCUT2D eigenvalue weighted by atomic mass is 10.1. The summed E-state index contributed by atoms with van der Waals surface area (Å²) in [6, 6.07) is 4.49. The molecular formula is C14H19ClN4O4S. The van der Waals surface area contributed by atoms with Crippen molar-refractivity contribution in [1.29, 1.82) is 0 Å². The minimum Gasteiger partial charge on any atom is -0.317 e. The monoisotopic (exact) mass is 374 g/mol. The molecule has 0 amide bonds. The molecule has 8 nitrogen and oxygen atoms in total. The number of piperidine rings is 1. The maximum Gasteiger partial charge on any atom is 0.326 e. The first-order valence-corrected chi connectivity index (χ1v) is 8.79. The molecule has 3 rings (SSSR count). The molecule has 0 radical (unpaired) electrons. The number of hydrogen-bond acceptors (Lipinski definition) is 5. The molecular weight excluding hydrogens is 356 g/mol. The number of fused-ring (bicyclic) bond motifs is 1. The maximum atomic E-state index is 12.7. The molecule has 1 aliphatic rings. The van der Waals surface area contributed by atoms with Crippen molar-refractivity contribution in [3.63, 3.8) is 0 Å². The summed E-state index contributed by atoms with van der Waals surface area (Å²) >= 11 is 0. The van der Waals surface area contributed by atoms with E-state index in [1.807, 2.05) is 7.05 Å². The Kier molecular flexibility index (Phi) is 5.49. The number of nitrogens with one attached hydrogen (secondary N) is 3. The second-order valence-corrected chi connectivity index (χ2v) is 7.52. The molecule has 1 saturated heterocycles. The fourth-order valence-electron chi connectivity index (χ4n) is 2.84. The lowest BCUT2D eigenvalue weighted by Gasteiger charge is -2.31. The highest BCUT2D eigenvalue weighted by molar-refractivity contribution is 7.89. The van der Waals surface area contributed by atoms with Crippen LogP contribution in [0.4, 0.5) is 0 Å². The quantitative estimate of drug-likeness (QED) is 0.700. The highest BCUT2D eigenvalue weighted by Gasteiger charge is 2.29. The van der Waals surface area contributed by atoms with E-state index >= 15 is 0 Å². The minimum atomic E-state index is -3.65. The van der Waals surface area contributed by atoms with Gasteiger partial charge in [0.25, 0.3) is 5.56 Å². The summed E-state index contributed by atoms with van der Waals surface area (Å²) in [4.78, 5) is 27.7. The first-order valence-electron chi connectivity index (χ1n) is 7.35. The summed E-state index contributed by atoms with van der Waals surface area (Å²) in [7, 11) is -1.78. The van der Waals surface area contributed by atoms with Crippen LogP contribution in [0.15, 0.2) is 32.7 Å². The zero-order valence-electron chi connectivity index (χ0n) is 13.0. The highest BCUT2D eigenvalue weighted by Crippen LogP contribution is 2.22. The van der Waals surface area contributed by atoms with E-state index in [0.717, 1.165) is 12.8 Å². The van der Waals surface area contributed by atoms with Crippen LogP contribution in [-0.4, -0.2) is 48.9 Å². The number of aromatic amines is 2. The fraction of sp³-hybridized carbons (Fsp3) is 0.429. The lowest BCUT2D eigenvalue weighted by Crippen LogP contribution is -2.43. The number of rotatable bonds is 3. The van der Waals surface area contributed by atoms with E-state index < -0.39 is 21.3 Å². The number of halogens is 1. The third-order valence-electron chi connectivity index (χ3n) is 4.21. The maximum absolute atomic E-state index is 12.7. The van der Waals surface area contributed by atoms with Crippen molar-refractivity contribution < 1.29 is 8.42 Å². The van der Waals surface area contributed by atoms with Crippen LogP contribution >= 0.6 is 12.4 Å². The van der Waals surface area contributed by atoms with Gasteiger partial charge < -0.3 is 10.3 Å². The predicted molar refractivity (Wildman–Crippen MR) is 93.3 cm³/mol. The van der Waals surface area contributed by atoms with Crippen molar-refractivity contribution >= 4 is 33.3 Å². The van der Waals surface area contributed by atoms with Gasteiger partial charge in [0.15, 0.2) is 0 Å². The van der Waals surface area contributed by atoms with Crippen LogP contribution in [0.1, 0.15) is 12.8 Å². The average molecular weight is 375 g/mol. The Balaban J connectivity index is 0.00000208. The molecule has 3 N–H and O–H groups in total. The smallest absolute Gasteiger partial charge is 0.317 e. The van der Waals surface area contributed by atoms with Crippen molar-refractivity contribution in [3.05, 3.63) is 39.0 Å². The number of hydrogen-bond donors (Lipinski definition) is 3. The van der Waals surface area contributed by atoms with Crippen molar-refractivity contribution in [3.8, 4) is 0 Å². The molecule has 0 spiro atoms. The summed E-state index contributed by atoms with van der Waals surface area (Å²) in [5.41, 5.74) is -0.909. The largest absolute Gasteiger partial charge is 0.326 e. The van der Waals surface area contributed by atoms with Gasteiger partial charge in [0, 0.05) is 19.1 Å². The lowest BCUT2D eigenvalue weighted by molar-refractivity contribution is 0.298. The molecule has 132 valence electrons. The summed E-state index contributed by atoms with van der Waals surface area (Å²) in [6.07, 6.45) is 1.49. The Morgan fingerprint density at radius 1 is 1.17 bits per heavy atom. The molecule has 2 aromatic rings. The molecule has 0 aliphatic carbocycles. The first-order chi connectivity index (χ1) is 10.9. The van der Waals surface area contributed by atoms with Crippen molar-refractivity contribution in [2.24, 2.45) is 0 Å². The third kappa shape index (κ3) is 3.39. The van der Waals surface area contributed by atoms with E-state index in [1.54, 1.807) is 0 Å². The Labute approximate surface area is 144 Å². The van der Waals surface area contributed by atoms with Gasteiger partial charge in [0.05, 0.1) is 15.8 Å². The highest BCUT2D eigenvalue weighted by atomic mass is 35.5. The van der Waals surface area contributed by atoms with Gasteiger partial charge in [-0.15, -0.1) is 12.4 Å².